The van der Waals surface area contributed by atoms with Crippen molar-refractivity contribution in [3.63, 3.8) is 0 Å². The number of piperidine rings is 1. The molecule has 0 aliphatic carbocycles. The lowest BCUT2D eigenvalue weighted by Crippen LogP contribution is -2.46. The van der Waals surface area contributed by atoms with Crippen LogP contribution in [0.3, 0.4) is 0 Å². The maximum Gasteiger partial charge on any atom is 0.262 e. The number of fused-ring (bicyclic) bond motifs is 1. The third-order valence-electron chi connectivity index (χ3n) is 5.05. The smallest absolute Gasteiger partial charge is 0.262 e. The molecule has 2 aliphatic rings. The number of rotatable bonds is 4. The van der Waals surface area contributed by atoms with Gasteiger partial charge in [-0.05, 0) is 25.0 Å². The largest absolute Gasteiger partial charge is 0.341 e. The first kappa shape index (κ1) is 18.3. The van der Waals surface area contributed by atoms with Gasteiger partial charge >= 0.3 is 0 Å². The second-order valence-electron chi connectivity index (χ2n) is 6.72. The Morgan fingerprint density at radius 1 is 1.11 bits per heavy atom. The Balaban J connectivity index is 1.32. The van der Waals surface area contributed by atoms with Crippen LogP contribution in [0.4, 0.5) is 5.13 Å². The maximum atomic E-state index is 12.6. The summed E-state index contributed by atoms with van der Waals surface area (Å²) in [5.74, 6) is -1.44. The van der Waals surface area contributed by atoms with Gasteiger partial charge < -0.3 is 10.2 Å². The van der Waals surface area contributed by atoms with Crippen LogP contribution >= 0.6 is 11.3 Å². The van der Waals surface area contributed by atoms with Gasteiger partial charge in [0.2, 0.25) is 11.8 Å². The monoisotopic (exact) mass is 398 g/mol. The summed E-state index contributed by atoms with van der Waals surface area (Å²) >= 11 is 1.36. The SMILES string of the molecule is O=C(Nc1nccs1)C1CCN(C(=O)CN2C(=O)c3ccccc3C2=O)CC1. The van der Waals surface area contributed by atoms with E-state index in [1.807, 2.05) is 0 Å². The molecule has 0 atom stereocenters. The molecule has 2 aliphatic heterocycles. The summed E-state index contributed by atoms with van der Waals surface area (Å²) in [5, 5.41) is 5.14. The van der Waals surface area contributed by atoms with Crippen molar-refractivity contribution in [1.82, 2.24) is 14.8 Å². The number of anilines is 1. The number of benzene rings is 1. The van der Waals surface area contributed by atoms with Gasteiger partial charge in [-0.2, -0.15) is 0 Å². The number of thiazole rings is 1. The van der Waals surface area contributed by atoms with Gasteiger partial charge in [0.15, 0.2) is 5.13 Å². The van der Waals surface area contributed by atoms with E-state index in [4.69, 9.17) is 0 Å². The quantitative estimate of drug-likeness (QED) is 0.789. The lowest BCUT2D eigenvalue weighted by molar-refractivity contribution is -0.134. The minimum atomic E-state index is -0.438. The van der Waals surface area contributed by atoms with Gasteiger partial charge in [0.05, 0.1) is 11.1 Å². The molecule has 3 heterocycles. The van der Waals surface area contributed by atoms with E-state index >= 15 is 0 Å². The molecule has 9 heteroatoms. The van der Waals surface area contributed by atoms with E-state index in [0.29, 0.717) is 42.2 Å². The van der Waals surface area contributed by atoms with E-state index in [-0.39, 0.29) is 24.3 Å². The van der Waals surface area contributed by atoms with Gasteiger partial charge in [0, 0.05) is 30.6 Å². The fraction of sp³-hybridized carbons (Fsp3) is 0.316. The molecule has 1 fully saturated rings. The Morgan fingerprint density at radius 2 is 1.75 bits per heavy atom. The highest BCUT2D eigenvalue weighted by Gasteiger charge is 2.37. The molecule has 0 bridgehead atoms. The standard InChI is InChI=1S/C19H18N4O4S/c24-15(11-23-17(26)13-3-1-2-4-14(13)18(23)27)22-8-5-12(6-9-22)16(25)21-19-20-7-10-28-19/h1-4,7,10,12H,5-6,8-9,11H2,(H,20,21,25). The predicted octanol–water partition coefficient (Wildman–Crippen LogP) is 1.62. The summed E-state index contributed by atoms with van der Waals surface area (Å²) in [7, 11) is 0. The van der Waals surface area contributed by atoms with Crippen LogP contribution < -0.4 is 5.32 Å². The van der Waals surface area contributed by atoms with Crippen molar-refractivity contribution < 1.29 is 19.2 Å². The molecule has 1 N–H and O–H groups in total. The number of hydrogen-bond acceptors (Lipinski definition) is 6. The Hall–Kier alpha value is -3.07. The van der Waals surface area contributed by atoms with Crippen LogP contribution in [-0.4, -0.2) is 58.0 Å². The first-order valence-electron chi connectivity index (χ1n) is 8.98. The number of nitrogens with zero attached hydrogens (tertiary/aromatic N) is 3. The fourth-order valence-corrected chi connectivity index (χ4v) is 4.03. The zero-order valence-corrected chi connectivity index (χ0v) is 15.8. The van der Waals surface area contributed by atoms with Crippen molar-refractivity contribution in [2.24, 2.45) is 5.92 Å². The topological polar surface area (TPSA) is 99.7 Å². The van der Waals surface area contributed by atoms with Crippen molar-refractivity contribution in [3.05, 3.63) is 47.0 Å². The lowest BCUT2D eigenvalue weighted by atomic mass is 9.96. The third kappa shape index (κ3) is 3.40. The average molecular weight is 398 g/mol. The summed E-state index contributed by atoms with van der Waals surface area (Å²) in [4.78, 5) is 56.3. The number of hydrogen-bond donors (Lipinski definition) is 1. The van der Waals surface area contributed by atoms with E-state index in [1.165, 1.54) is 11.3 Å². The molecule has 0 unspecified atom stereocenters. The number of imide groups is 1. The molecular weight excluding hydrogens is 380 g/mol. The highest BCUT2D eigenvalue weighted by atomic mass is 32.1. The highest BCUT2D eigenvalue weighted by Crippen LogP contribution is 2.24. The minimum Gasteiger partial charge on any atom is -0.341 e. The number of amides is 4. The van der Waals surface area contributed by atoms with E-state index in [9.17, 15) is 19.2 Å². The molecule has 8 nitrogen and oxygen atoms in total. The van der Waals surface area contributed by atoms with Crippen molar-refractivity contribution in [1.29, 1.82) is 0 Å². The van der Waals surface area contributed by atoms with Crippen molar-refractivity contribution in [2.45, 2.75) is 12.8 Å². The molecule has 1 aromatic carbocycles. The Labute approximate surface area is 165 Å². The molecule has 4 amide bonds. The van der Waals surface area contributed by atoms with Crippen LogP contribution in [0.2, 0.25) is 0 Å². The zero-order chi connectivity index (χ0) is 19.7. The van der Waals surface area contributed by atoms with Gasteiger partial charge in [-0.25, -0.2) is 4.98 Å². The molecule has 2 aromatic rings. The van der Waals surface area contributed by atoms with Crippen LogP contribution in [-0.2, 0) is 9.59 Å². The summed E-state index contributed by atoms with van der Waals surface area (Å²) in [6.45, 7) is 0.554. The van der Waals surface area contributed by atoms with Gasteiger partial charge in [0.25, 0.3) is 11.8 Å². The zero-order valence-electron chi connectivity index (χ0n) is 15.0. The van der Waals surface area contributed by atoms with Crippen molar-refractivity contribution in [2.75, 3.05) is 25.0 Å². The van der Waals surface area contributed by atoms with E-state index in [2.05, 4.69) is 10.3 Å². The molecule has 28 heavy (non-hydrogen) atoms. The van der Waals surface area contributed by atoms with Crippen LogP contribution in [0, 0.1) is 5.92 Å². The van der Waals surface area contributed by atoms with E-state index in [0.717, 1.165) is 4.90 Å². The molecule has 4 rings (SSSR count). The number of nitrogens with one attached hydrogen (secondary N) is 1. The van der Waals surface area contributed by atoms with Gasteiger partial charge in [-0.1, -0.05) is 12.1 Å². The fourth-order valence-electron chi connectivity index (χ4n) is 3.50. The molecule has 0 radical (unpaired) electrons. The first-order chi connectivity index (χ1) is 13.5. The minimum absolute atomic E-state index is 0.0950. The third-order valence-corrected chi connectivity index (χ3v) is 5.74. The number of carbonyl (C=O) groups is 4. The summed E-state index contributed by atoms with van der Waals surface area (Å²) < 4.78 is 0. The van der Waals surface area contributed by atoms with E-state index < -0.39 is 11.8 Å². The van der Waals surface area contributed by atoms with Gasteiger partial charge in [0.1, 0.15) is 6.54 Å². The molecule has 0 spiro atoms. The number of aromatic nitrogens is 1. The Morgan fingerprint density at radius 3 is 2.32 bits per heavy atom. The summed E-state index contributed by atoms with van der Waals surface area (Å²) in [6, 6.07) is 6.56. The molecule has 0 saturated carbocycles. The van der Waals surface area contributed by atoms with Crippen LogP contribution in [0.5, 0.6) is 0 Å². The Kier molecular flexibility index (Phi) is 4.91. The predicted molar refractivity (Wildman–Crippen MR) is 102 cm³/mol. The molecule has 1 aromatic heterocycles. The highest BCUT2D eigenvalue weighted by molar-refractivity contribution is 7.13. The second kappa shape index (κ2) is 7.51. The van der Waals surface area contributed by atoms with Crippen LogP contribution in [0.25, 0.3) is 0 Å². The Bertz CT molecular complexity index is 900. The summed E-state index contributed by atoms with van der Waals surface area (Å²) in [6.07, 6.45) is 2.69. The van der Waals surface area contributed by atoms with Gasteiger partial charge in [-0.15, -0.1) is 11.3 Å². The van der Waals surface area contributed by atoms with Crippen LogP contribution in [0.1, 0.15) is 33.6 Å². The van der Waals surface area contributed by atoms with Gasteiger partial charge in [-0.3, -0.25) is 24.1 Å². The molecule has 144 valence electrons. The number of likely N-dealkylation sites (tertiary alicyclic amines) is 1. The second-order valence-corrected chi connectivity index (χ2v) is 7.62. The normalized spacial score (nSPS) is 17.0. The van der Waals surface area contributed by atoms with Crippen molar-refractivity contribution >= 4 is 40.1 Å². The molecular formula is C19H18N4O4S. The van der Waals surface area contributed by atoms with Crippen molar-refractivity contribution in [3.8, 4) is 0 Å². The molecule has 1 saturated heterocycles. The maximum absolute atomic E-state index is 12.6. The average Bonchev–Trinajstić information content (AvgIpc) is 3.31. The van der Waals surface area contributed by atoms with Crippen LogP contribution in [0.15, 0.2) is 35.8 Å². The summed E-state index contributed by atoms with van der Waals surface area (Å²) in [5.41, 5.74) is 0.663. The van der Waals surface area contributed by atoms with E-state index in [1.54, 1.807) is 40.7 Å². The number of carbonyl (C=O) groups excluding carboxylic acids is 4. The lowest BCUT2D eigenvalue weighted by Gasteiger charge is -2.32. The first-order valence-corrected chi connectivity index (χ1v) is 9.86.